The first-order valence-electron chi connectivity index (χ1n) is 5.62. The molecule has 0 saturated carbocycles. The number of nitrogens with two attached hydrogens (primary N) is 1. The summed E-state index contributed by atoms with van der Waals surface area (Å²) in [5.41, 5.74) is 7.57. The van der Waals surface area contributed by atoms with Crippen molar-refractivity contribution in [3.8, 4) is 0 Å². The molecule has 0 amide bonds. The van der Waals surface area contributed by atoms with Gasteiger partial charge in [0.15, 0.2) is 0 Å². The van der Waals surface area contributed by atoms with Gasteiger partial charge in [-0.2, -0.15) is 0 Å². The number of anilines is 1. The van der Waals surface area contributed by atoms with Gasteiger partial charge in [-0.25, -0.2) is 4.98 Å². The van der Waals surface area contributed by atoms with E-state index >= 15 is 0 Å². The van der Waals surface area contributed by atoms with E-state index in [1.807, 2.05) is 19.1 Å². The second-order valence-corrected chi connectivity index (χ2v) is 4.34. The maximum absolute atomic E-state index is 9.27. The zero-order chi connectivity index (χ0) is 12.1. The molecule has 0 aliphatic carbocycles. The molecule has 4 N–H and O–H groups in total. The molecule has 16 heavy (non-hydrogen) atoms. The van der Waals surface area contributed by atoms with Gasteiger partial charge in [-0.05, 0) is 18.9 Å². The van der Waals surface area contributed by atoms with Gasteiger partial charge in [-0.3, -0.25) is 0 Å². The van der Waals surface area contributed by atoms with Crippen molar-refractivity contribution in [2.24, 2.45) is 11.7 Å². The molecular weight excluding hydrogens is 202 g/mol. The molecule has 0 aromatic carbocycles. The van der Waals surface area contributed by atoms with E-state index in [0.717, 1.165) is 17.1 Å². The van der Waals surface area contributed by atoms with Gasteiger partial charge in [-0.15, -0.1) is 0 Å². The zero-order valence-corrected chi connectivity index (χ0v) is 10.2. The minimum absolute atomic E-state index is 0.0135. The molecule has 0 aliphatic heterocycles. The Morgan fingerprint density at radius 3 is 2.62 bits per heavy atom. The molecule has 1 rings (SSSR count). The van der Waals surface area contributed by atoms with Gasteiger partial charge in [0.05, 0.1) is 12.6 Å². The van der Waals surface area contributed by atoms with Crippen LogP contribution in [0.3, 0.4) is 0 Å². The van der Waals surface area contributed by atoms with Crippen molar-refractivity contribution in [3.63, 3.8) is 0 Å². The smallest absolute Gasteiger partial charge is 0.131 e. The van der Waals surface area contributed by atoms with Crippen LogP contribution >= 0.6 is 0 Å². The fourth-order valence-electron chi connectivity index (χ4n) is 1.47. The van der Waals surface area contributed by atoms with Crippen molar-refractivity contribution in [2.75, 3.05) is 11.9 Å². The predicted molar refractivity (Wildman–Crippen MR) is 66.2 cm³/mol. The van der Waals surface area contributed by atoms with Crippen molar-refractivity contribution in [1.29, 1.82) is 0 Å². The summed E-state index contributed by atoms with van der Waals surface area (Å²) in [5.74, 6) is 1.13. The summed E-state index contributed by atoms with van der Waals surface area (Å²) in [6, 6.07) is 3.93. The normalized spacial score (nSPS) is 12.9. The number of hydrogen-bond donors (Lipinski definition) is 3. The fourth-order valence-corrected chi connectivity index (χ4v) is 1.47. The highest BCUT2D eigenvalue weighted by Gasteiger charge is 2.14. The lowest BCUT2D eigenvalue weighted by atomic mass is 10.1. The van der Waals surface area contributed by atoms with Crippen LogP contribution in [0.1, 0.15) is 25.1 Å². The number of aliphatic hydroxyl groups is 1. The van der Waals surface area contributed by atoms with E-state index < -0.39 is 0 Å². The third-order valence-corrected chi connectivity index (χ3v) is 2.66. The minimum Gasteiger partial charge on any atom is -0.394 e. The highest BCUT2D eigenvalue weighted by atomic mass is 16.3. The van der Waals surface area contributed by atoms with E-state index in [1.165, 1.54) is 0 Å². The fraction of sp³-hybridized carbons (Fsp3) is 0.583. The second-order valence-electron chi connectivity index (χ2n) is 4.34. The Morgan fingerprint density at radius 2 is 2.12 bits per heavy atom. The van der Waals surface area contributed by atoms with Crippen LogP contribution in [0, 0.1) is 12.8 Å². The van der Waals surface area contributed by atoms with Crippen LogP contribution in [0.5, 0.6) is 0 Å². The second kappa shape index (κ2) is 5.82. The molecule has 0 radical (unpaired) electrons. The van der Waals surface area contributed by atoms with Gasteiger partial charge in [0.2, 0.25) is 0 Å². The highest BCUT2D eigenvalue weighted by molar-refractivity contribution is 5.45. The molecule has 1 atom stereocenters. The Bertz CT molecular complexity index is 339. The Hall–Kier alpha value is -1.13. The predicted octanol–water partition coefficient (Wildman–Crippen LogP) is 1.28. The van der Waals surface area contributed by atoms with Gasteiger partial charge < -0.3 is 16.2 Å². The molecule has 0 spiro atoms. The largest absolute Gasteiger partial charge is 0.394 e. The summed E-state index contributed by atoms with van der Waals surface area (Å²) in [5, 5.41) is 12.5. The number of nitrogens with zero attached hydrogens (tertiary/aromatic N) is 1. The van der Waals surface area contributed by atoms with Crippen LogP contribution in [0.2, 0.25) is 0 Å². The maximum Gasteiger partial charge on any atom is 0.131 e. The standard InChI is InChI=1S/C12H21N3O/c1-8(2)11(7-16)15-12-10(6-13)5-4-9(3)14-12/h4-5,8,11,16H,6-7,13H2,1-3H3,(H,14,15). The zero-order valence-electron chi connectivity index (χ0n) is 10.2. The minimum atomic E-state index is 0.0135. The summed E-state index contributed by atoms with van der Waals surface area (Å²) in [4.78, 5) is 4.41. The highest BCUT2D eigenvalue weighted by Crippen LogP contribution is 2.16. The van der Waals surface area contributed by atoms with Crippen LogP contribution in [0.4, 0.5) is 5.82 Å². The van der Waals surface area contributed by atoms with Crippen molar-refractivity contribution in [2.45, 2.75) is 33.4 Å². The van der Waals surface area contributed by atoms with E-state index in [2.05, 4.69) is 24.1 Å². The molecule has 1 aromatic rings. The SMILES string of the molecule is Cc1ccc(CN)c(NC(CO)C(C)C)n1. The Labute approximate surface area is 96.9 Å². The molecule has 4 nitrogen and oxygen atoms in total. The number of aromatic nitrogens is 1. The van der Waals surface area contributed by atoms with Crippen molar-refractivity contribution in [3.05, 3.63) is 23.4 Å². The number of rotatable bonds is 5. The van der Waals surface area contributed by atoms with E-state index in [-0.39, 0.29) is 12.6 Å². The van der Waals surface area contributed by atoms with Crippen LogP contribution in [0.15, 0.2) is 12.1 Å². The molecule has 0 aliphatic rings. The quantitative estimate of drug-likeness (QED) is 0.703. The van der Waals surface area contributed by atoms with Gasteiger partial charge in [0, 0.05) is 17.8 Å². The third-order valence-electron chi connectivity index (χ3n) is 2.66. The summed E-state index contributed by atoms with van der Waals surface area (Å²) >= 11 is 0. The Morgan fingerprint density at radius 1 is 1.44 bits per heavy atom. The molecule has 90 valence electrons. The van der Waals surface area contributed by atoms with Gasteiger partial charge in [0.25, 0.3) is 0 Å². The molecule has 0 bridgehead atoms. The molecule has 0 saturated heterocycles. The summed E-state index contributed by atoms with van der Waals surface area (Å²) in [6.07, 6.45) is 0. The number of pyridine rings is 1. The molecule has 1 heterocycles. The first-order valence-corrected chi connectivity index (χ1v) is 5.62. The van der Waals surface area contributed by atoms with Gasteiger partial charge in [-0.1, -0.05) is 19.9 Å². The Kier molecular flexibility index (Phi) is 4.71. The molecule has 1 unspecified atom stereocenters. The lowest BCUT2D eigenvalue weighted by Gasteiger charge is -2.22. The lowest BCUT2D eigenvalue weighted by molar-refractivity contribution is 0.249. The third kappa shape index (κ3) is 3.18. The Balaban J connectivity index is 2.89. The van der Waals surface area contributed by atoms with Crippen LogP contribution in [-0.2, 0) is 6.54 Å². The molecule has 1 aromatic heterocycles. The maximum atomic E-state index is 9.27. The van der Waals surface area contributed by atoms with Gasteiger partial charge >= 0.3 is 0 Å². The van der Waals surface area contributed by atoms with Crippen LogP contribution in [-0.4, -0.2) is 22.7 Å². The van der Waals surface area contributed by atoms with Crippen molar-refractivity contribution < 1.29 is 5.11 Å². The van der Waals surface area contributed by atoms with Gasteiger partial charge in [0.1, 0.15) is 5.82 Å². The average Bonchev–Trinajstić information content (AvgIpc) is 2.25. The van der Waals surface area contributed by atoms with Crippen molar-refractivity contribution >= 4 is 5.82 Å². The van der Waals surface area contributed by atoms with E-state index in [4.69, 9.17) is 5.73 Å². The molecular formula is C12H21N3O. The van der Waals surface area contributed by atoms with Crippen LogP contribution < -0.4 is 11.1 Å². The molecule has 0 fully saturated rings. The number of hydrogen-bond acceptors (Lipinski definition) is 4. The topological polar surface area (TPSA) is 71.2 Å². The first kappa shape index (κ1) is 12.9. The average molecular weight is 223 g/mol. The summed E-state index contributed by atoms with van der Waals surface area (Å²) in [7, 11) is 0. The van der Waals surface area contributed by atoms with E-state index in [0.29, 0.717) is 12.5 Å². The van der Waals surface area contributed by atoms with Crippen molar-refractivity contribution in [1.82, 2.24) is 4.98 Å². The van der Waals surface area contributed by atoms with Crippen LogP contribution in [0.25, 0.3) is 0 Å². The summed E-state index contributed by atoms with van der Waals surface area (Å²) < 4.78 is 0. The first-order chi connectivity index (χ1) is 7.58. The lowest BCUT2D eigenvalue weighted by Crippen LogP contribution is -2.30. The number of aryl methyl sites for hydroxylation is 1. The van der Waals surface area contributed by atoms with E-state index in [9.17, 15) is 5.11 Å². The number of aliphatic hydroxyl groups excluding tert-OH is 1. The van der Waals surface area contributed by atoms with E-state index in [1.54, 1.807) is 0 Å². The monoisotopic (exact) mass is 223 g/mol. The summed E-state index contributed by atoms with van der Waals surface area (Å²) in [6.45, 7) is 6.61. The molecule has 4 heteroatoms. The number of nitrogens with one attached hydrogen (secondary N) is 1.